The fourth-order valence-electron chi connectivity index (χ4n) is 1.92. The van der Waals surface area contributed by atoms with Crippen LogP contribution in [0.4, 0.5) is 5.69 Å². The first kappa shape index (κ1) is 14.1. The highest BCUT2D eigenvalue weighted by Crippen LogP contribution is 2.30. The van der Waals surface area contributed by atoms with Crippen LogP contribution in [0.5, 0.6) is 0 Å². The number of rotatable bonds is 4. The Bertz CT molecular complexity index is 768. The molecule has 106 valence electrons. The first-order valence-corrected chi connectivity index (χ1v) is 8.36. The van der Waals surface area contributed by atoms with Crippen LogP contribution < -0.4 is 5.32 Å². The molecule has 0 unspecified atom stereocenters. The van der Waals surface area contributed by atoms with Crippen molar-refractivity contribution in [3.63, 3.8) is 0 Å². The molecule has 3 nitrogen and oxygen atoms in total. The Balaban J connectivity index is 1.62. The molecule has 0 aliphatic rings. The second-order valence-corrected chi connectivity index (χ2v) is 6.91. The van der Waals surface area contributed by atoms with E-state index in [2.05, 4.69) is 29.4 Å². The maximum Gasteiger partial charge on any atom is 0.234 e. The highest BCUT2D eigenvalue weighted by atomic mass is 32.2. The fraction of sp³-hybridized carbons (Fsp3) is 0.125. The minimum atomic E-state index is -0.0124. The van der Waals surface area contributed by atoms with E-state index in [1.54, 1.807) is 11.3 Å². The number of aryl methyl sites for hydroxylation is 1. The van der Waals surface area contributed by atoms with Crippen molar-refractivity contribution in [3.05, 3.63) is 54.1 Å². The zero-order valence-corrected chi connectivity index (χ0v) is 13.1. The van der Waals surface area contributed by atoms with Gasteiger partial charge >= 0.3 is 0 Å². The summed E-state index contributed by atoms with van der Waals surface area (Å²) in [6.07, 6.45) is 0. The first-order valence-electron chi connectivity index (χ1n) is 6.55. The molecule has 0 bridgehead atoms. The van der Waals surface area contributed by atoms with Crippen LogP contribution in [0, 0.1) is 6.92 Å². The normalized spacial score (nSPS) is 10.7. The molecule has 1 amide bonds. The van der Waals surface area contributed by atoms with Gasteiger partial charge in [-0.3, -0.25) is 4.79 Å². The number of fused-ring (bicyclic) bond motifs is 1. The number of carbonyl (C=O) groups is 1. The van der Waals surface area contributed by atoms with Crippen molar-refractivity contribution in [2.24, 2.45) is 0 Å². The van der Waals surface area contributed by atoms with E-state index in [4.69, 9.17) is 0 Å². The van der Waals surface area contributed by atoms with E-state index in [0.29, 0.717) is 5.75 Å². The topological polar surface area (TPSA) is 42.0 Å². The Hall–Kier alpha value is -1.85. The van der Waals surface area contributed by atoms with Crippen molar-refractivity contribution in [1.82, 2.24) is 4.98 Å². The lowest BCUT2D eigenvalue weighted by molar-refractivity contribution is -0.113. The molecule has 21 heavy (non-hydrogen) atoms. The van der Waals surface area contributed by atoms with Crippen molar-refractivity contribution < 1.29 is 4.79 Å². The Morgan fingerprint density at radius 2 is 2.05 bits per heavy atom. The van der Waals surface area contributed by atoms with Crippen molar-refractivity contribution >= 4 is 44.9 Å². The van der Waals surface area contributed by atoms with Gasteiger partial charge in [0.15, 0.2) is 4.34 Å². The molecule has 0 aliphatic carbocycles. The third-order valence-corrected chi connectivity index (χ3v) is 5.07. The van der Waals surface area contributed by atoms with Crippen molar-refractivity contribution in [2.75, 3.05) is 11.1 Å². The SMILES string of the molecule is Cc1ccc2nc(SCC(=O)Nc3ccccc3)sc2c1. The number of amides is 1. The summed E-state index contributed by atoms with van der Waals surface area (Å²) in [7, 11) is 0. The molecule has 0 atom stereocenters. The summed E-state index contributed by atoms with van der Waals surface area (Å²) in [5.74, 6) is 0.356. The highest BCUT2D eigenvalue weighted by Gasteiger charge is 2.08. The minimum absolute atomic E-state index is 0.0124. The minimum Gasteiger partial charge on any atom is -0.325 e. The van der Waals surface area contributed by atoms with Gasteiger partial charge in [-0.25, -0.2) is 4.98 Å². The van der Waals surface area contributed by atoms with Gasteiger partial charge in [-0.2, -0.15) is 0 Å². The highest BCUT2D eigenvalue weighted by molar-refractivity contribution is 8.01. The summed E-state index contributed by atoms with van der Waals surface area (Å²) in [5.41, 5.74) is 3.05. The number of nitrogens with zero attached hydrogens (tertiary/aromatic N) is 1. The van der Waals surface area contributed by atoms with Gasteiger partial charge in [0, 0.05) is 5.69 Å². The largest absolute Gasteiger partial charge is 0.325 e. The molecule has 0 spiro atoms. The smallest absolute Gasteiger partial charge is 0.234 e. The van der Waals surface area contributed by atoms with Gasteiger partial charge in [0.05, 0.1) is 16.0 Å². The van der Waals surface area contributed by atoms with Gasteiger partial charge in [-0.15, -0.1) is 11.3 Å². The molecule has 5 heteroatoms. The summed E-state index contributed by atoms with van der Waals surface area (Å²) >= 11 is 3.11. The average Bonchev–Trinajstić information content (AvgIpc) is 2.88. The van der Waals surface area contributed by atoms with Crippen LogP contribution in [-0.2, 0) is 4.79 Å². The van der Waals surface area contributed by atoms with Gasteiger partial charge in [0.25, 0.3) is 0 Å². The Kier molecular flexibility index (Phi) is 4.22. The molecule has 1 heterocycles. The molecule has 0 fully saturated rings. The number of nitrogens with one attached hydrogen (secondary N) is 1. The summed E-state index contributed by atoms with van der Waals surface area (Å²) in [6.45, 7) is 2.07. The fourth-order valence-corrected chi connectivity index (χ4v) is 3.88. The van der Waals surface area contributed by atoms with E-state index in [1.807, 2.05) is 36.4 Å². The van der Waals surface area contributed by atoms with Gasteiger partial charge in [0.2, 0.25) is 5.91 Å². The number of thiazole rings is 1. The maximum atomic E-state index is 11.9. The predicted octanol–water partition coefficient (Wildman–Crippen LogP) is 4.34. The number of hydrogen-bond acceptors (Lipinski definition) is 4. The molecule has 1 aromatic heterocycles. The van der Waals surface area contributed by atoms with Gasteiger partial charge < -0.3 is 5.32 Å². The Morgan fingerprint density at radius 1 is 1.24 bits per heavy atom. The molecular formula is C16H14N2OS2. The molecule has 0 saturated heterocycles. The second kappa shape index (κ2) is 6.28. The van der Waals surface area contributed by atoms with E-state index in [0.717, 1.165) is 15.5 Å². The summed E-state index contributed by atoms with van der Waals surface area (Å²) < 4.78 is 2.10. The number of anilines is 1. The van der Waals surface area contributed by atoms with Crippen LogP contribution in [0.2, 0.25) is 0 Å². The summed E-state index contributed by atoms with van der Waals surface area (Å²) in [6, 6.07) is 15.7. The third kappa shape index (κ3) is 3.62. The number of thioether (sulfide) groups is 1. The van der Waals surface area contributed by atoms with Gasteiger partial charge in [-0.05, 0) is 36.8 Å². The number of para-hydroxylation sites is 1. The standard InChI is InChI=1S/C16H14N2OS2/c1-11-7-8-13-14(9-11)21-16(18-13)20-10-15(19)17-12-5-3-2-4-6-12/h2-9H,10H2,1H3,(H,17,19). The van der Waals surface area contributed by atoms with Gasteiger partial charge in [0.1, 0.15) is 0 Å². The first-order chi connectivity index (χ1) is 10.2. The van der Waals surface area contributed by atoms with Crippen molar-refractivity contribution in [3.8, 4) is 0 Å². The molecule has 0 radical (unpaired) electrons. The van der Waals surface area contributed by atoms with Crippen LogP contribution in [0.3, 0.4) is 0 Å². The van der Waals surface area contributed by atoms with E-state index in [1.165, 1.54) is 22.0 Å². The van der Waals surface area contributed by atoms with E-state index in [9.17, 15) is 4.79 Å². The van der Waals surface area contributed by atoms with E-state index < -0.39 is 0 Å². The average molecular weight is 314 g/mol. The summed E-state index contributed by atoms with van der Waals surface area (Å²) in [5, 5.41) is 2.87. The van der Waals surface area contributed by atoms with Crippen molar-refractivity contribution in [2.45, 2.75) is 11.3 Å². The van der Waals surface area contributed by atoms with Crippen LogP contribution in [0.25, 0.3) is 10.2 Å². The molecule has 2 aromatic carbocycles. The van der Waals surface area contributed by atoms with Crippen LogP contribution in [0.1, 0.15) is 5.56 Å². The number of benzene rings is 2. The molecule has 3 aromatic rings. The number of hydrogen-bond donors (Lipinski definition) is 1. The molecule has 1 N–H and O–H groups in total. The Labute approximate surface area is 131 Å². The molecule has 3 rings (SSSR count). The zero-order valence-electron chi connectivity index (χ0n) is 11.5. The van der Waals surface area contributed by atoms with E-state index in [-0.39, 0.29) is 5.91 Å². The number of aromatic nitrogens is 1. The second-order valence-electron chi connectivity index (χ2n) is 4.65. The van der Waals surface area contributed by atoms with E-state index >= 15 is 0 Å². The Morgan fingerprint density at radius 3 is 2.86 bits per heavy atom. The van der Waals surface area contributed by atoms with Crippen LogP contribution in [0.15, 0.2) is 52.9 Å². The van der Waals surface area contributed by atoms with Crippen molar-refractivity contribution in [1.29, 1.82) is 0 Å². The lowest BCUT2D eigenvalue weighted by Crippen LogP contribution is -2.13. The van der Waals surface area contributed by atoms with Crippen LogP contribution >= 0.6 is 23.1 Å². The third-order valence-electron chi connectivity index (χ3n) is 2.91. The zero-order chi connectivity index (χ0) is 14.7. The number of carbonyl (C=O) groups excluding carboxylic acids is 1. The maximum absolute atomic E-state index is 11.9. The predicted molar refractivity (Wildman–Crippen MR) is 90.2 cm³/mol. The lowest BCUT2D eigenvalue weighted by Gasteiger charge is -2.03. The molecule has 0 saturated carbocycles. The lowest BCUT2D eigenvalue weighted by atomic mass is 10.2. The van der Waals surface area contributed by atoms with Crippen LogP contribution in [-0.4, -0.2) is 16.6 Å². The molecule has 0 aliphatic heterocycles. The van der Waals surface area contributed by atoms with Gasteiger partial charge in [-0.1, -0.05) is 36.0 Å². The quantitative estimate of drug-likeness (QED) is 0.729. The monoisotopic (exact) mass is 314 g/mol. The molecular weight excluding hydrogens is 300 g/mol. The summed E-state index contributed by atoms with van der Waals surface area (Å²) in [4.78, 5) is 16.4.